The van der Waals surface area contributed by atoms with E-state index in [0.29, 0.717) is 5.69 Å². The summed E-state index contributed by atoms with van der Waals surface area (Å²) in [5.41, 5.74) is 1.34. The summed E-state index contributed by atoms with van der Waals surface area (Å²) in [6, 6.07) is 10.5. The zero-order chi connectivity index (χ0) is 19.8. The van der Waals surface area contributed by atoms with Gasteiger partial charge in [-0.1, -0.05) is 30.3 Å². The maximum absolute atomic E-state index is 13.2. The standard InChI is InChI=1S/C20H19F3N2O2/c1-12-6-5-7-13(2)18(12)24-19(27)14-10-17(26)25(11-14)16-9-4-3-8-15(16)20(21,22)23/h3-9,14H,10-11H2,1-2H3,(H,24,27). The van der Waals surface area contributed by atoms with Crippen LogP contribution in [0.3, 0.4) is 0 Å². The van der Waals surface area contributed by atoms with E-state index in [4.69, 9.17) is 0 Å². The molecule has 0 bridgehead atoms. The lowest BCUT2D eigenvalue weighted by molar-refractivity contribution is -0.137. The Balaban J connectivity index is 1.81. The van der Waals surface area contributed by atoms with Crippen LogP contribution in [0.5, 0.6) is 0 Å². The minimum atomic E-state index is -4.57. The molecular formula is C20H19F3N2O2. The van der Waals surface area contributed by atoms with Crippen LogP contribution in [0, 0.1) is 19.8 Å². The van der Waals surface area contributed by atoms with Gasteiger partial charge in [0.1, 0.15) is 0 Å². The summed E-state index contributed by atoms with van der Waals surface area (Å²) in [5, 5.41) is 2.82. The van der Waals surface area contributed by atoms with Crippen LogP contribution >= 0.6 is 0 Å². The topological polar surface area (TPSA) is 49.4 Å². The van der Waals surface area contributed by atoms with Crippen molar-refractivity contribution in [3.8, 4) is 0 Å². The minimum Gasteiger partial charge on any atom is -0.325 e. The summed E-state index contributed by atoms with van der Waals surface area (Å²) >= 11 is 0. The largest absolute Gasteiger partial charge is 0.418 e. The molecule has 1 saturated heterocycles. The van der Waals surface area contributed by atoms with Crippen LogP contribution in [-0.2, 0) is 15.8 Å². The van der Waals surface area contributed by atoms with E-state index in [1.807, 2.05) is 32.0 Å². The van der Waals surface area contributed by atoms with Crippen LogP contribution in [0.4, 0.5) is 24.5 Å². The van der Waals surface area contributed by atoms with Gasteiger partial charge < -0.3 is 10.2 Å². The lowest BCUT2D eigenvalue weighted by atomic mass is 10.1. The third kappa shape index (κ3) is 3.82. The molecule has 2 aromatic carbocycles. The van der Waals surface area contributed by atoms with Crippen molar-refractivity contribution in [3.05, 3.63) is 59.2 Å². The Kier molecular flexibility index (Phi) is 4.95. The highest BCUT2D eigenvalue weighted by Crippen LogP contribution is 2.38. The average molecular weight is 376 g/mol. The maximum atomic E-state index is 13.2. The van der Waals surface area contributed by atoms with Crippen LogP contribution in [0.25, 0.3) is 0 Å². The number of nitrogens with zero attached hydrogens (tertiary/aromatic N) is 1. The number of anilines is 2. The molecule has 0 aromatic heterocycles. The predicted molar refractivity (Wildman–Crippen MR) is 96.4 cm³/mol. The number of amides is 2. The van der Waals surface area contributed by atoms with Gasteiger partial charge >= 0.3 is 6.18 Å². The zero-order valence-corrected chi connectivity index (χ0v) is 14.9. The molecule has 1 atom stereocenters. The first-order valence-corrected chi connectivity index (χ1v) is 8.52. The summed E-state index contributed by atoms with van der Waals surface area (Å²) in [6.07, 6.45) is -4.70. The van der Waals surface area contributed by atoms with Gasteiger partial charge in [-0.05, 0) is 37.1 Å². The molecule has 27 heavy (non-hydrogen) atoms. The average Bonchev–Trinajstić information content (AvgIpc) is 2.99. The third-order valence-electron chi connectivity index (χ3n) is 4.73. The molecule has 0 saturated carbocycles. The van der Waals surface area contributed by atoms with Crippen LogP contribution < -0.4 is 10.2 Å². The van der Waals surface area contributed by atoms with Crippen molar-refractivity contribution in [2.24, 2.45) is 5.92 Å². The number of rotatable bonds is 3. The Bertz CT molecular complexity index is 873. The molecule has 7 heteroatoms. The molecule has 2 amide bonds. The van der Waals surface area contributed by atoms with Crippen molar-refractivity contribution < 1.29 is 22.8 Å². The Morgan fingerprint density at radius 1 is 1.07 bits per heavy atom. The molecule has 4 nitrogen and oxygen atoms in total. The fourth-order valence-electron chi connectivity index (χ4n) is 3.30. The number of hydrogen-bond acceptors (Lipinski definition) is 2. The molecule has 1 aliphatic heterocycles. The quantitative estimate of drug-likeness (QED) is 0.868. The third-order valence-corrected chi connectivity index (χ3v) is 4.73. The van der Waals surface area contributed by atoms with Crippen LogP contribution in [0.2, 0.25) is 0 Å². The number of carbonyl (C=O) groups is 2. The van der Waals surface area contributed by atoms with E-state index < -0.39 is 23.6 Å². The summed E-state index contributed by atoms with van der Waals surface area (Å²) < 4.78 is 39.7. The number of para-hydroxylation sites is 2. The highest BCUT2D eigenvalue weighted by Gasteiger charge is 2.40. The summed E-state index contributed by atoms with van der Waals surface area (Å²) in [5.74, 6) is -1.57. The normalized spacial score (nSPS) is 17.3. The van der Waals surface area contributed by atoms with E-state index >= 15 is 0 Å². The molecular weight excluding hydrogens is 357 g/mol. The molecule has 3 rings (SSSR count). The van der Waals surface area contributed by atoms with Gasteiger partial charge in [0.15, 0.2) is 0 Å². The van der Waals surface area contributed by atoms with E-state index in [9.17, 15) is 22.8 Å². The minimum absolute atomic E-state index is 0.0807. The fourth-order valence-corrected chi connectivity index (χ4v) is 3.30. The van der Waals surface area contributed by atoms with Crippen molar-refractivity contribution in [3.63, 3.8) is 0 Å². The van der Waals surface area contributed by atoms with Gasteiger partial charge in [0.25, 0.3) is 0 Å². The van der Waals surface area contributed by atoms with E-state index in [1.54, 1.807) is 0 Å². The summed E-state index contributed by atoms with van der Waals surface area (Å²) in [6.45, 7) is 3.63. The van der Waals surface area contributed by atoms with Gasteiger partial charge in [-0.25, -0.2) is 0 Å². The SMILES string of the molecule is Cc1cccc(C)c1NC(=O)C1CC(=O)N(c2ccccc2C(F)(F)F)C1. The Morgan fingerprint density at radius 2 is 1.70 bits per heavy atom. The Labute approximate surface area is 155 Å². The number of carbonyl (C=O) groups excluding carboxylic acids is 2. The molecule has 1 fully saturated rings. The van der Waals surface area contributed by atoms with Crippen molar-refractivity contribution in [1.29, 1.82) is 0 Å². The number of nitrogens with one attached hydrogen (secondary N) is 1. The molecule has 2 aromatic rings. The van der Waals surface area contributed by atoms with Gasteiger partial charge in [0, 0.05) is 18.7 Å². The number of aryl methyl sites for hydroxylation is 2. The molecule has 0 aliphatic carbocycles. The molecule has 1 aliphatic rings. The summed E-state index contributed by atoms with van der Waals surface area (Å²) in [4.78, 5) is 26.0. The van der Waals surface area contributed by atoms with Crippen LogP contribution in [0.15, 0.2) is 42.5 Å². The molecule has 0 spiro atoms. The Morgan fingerprint density at radius 3 is 2.33 bits per heavy atom. The Hall–Kier alpha value is -2.83. The second-order valence-electron chi connectivity index (χ2n) is 6.68. The first-order valence-electron chi connectivity index (χ1n) is 8.52. The molecule has 1 unspecified atom stereocenters. The number of benzene rings is 2. The molecule has 1 heterocycles. The monoisotopic (exact) mass is 376 g/mol. The molecule has 1 N–H and O–H groups in total. The second-order valence-corrected chi connectivity index (χ2v) is 6.68. The highest BCUT2D eigenvalue weighted by molar-refractivity contribution is 6.04. The van der Waals surface area contributed by atoms with Crippen molar-refractivity contribution in [2.75, 3.05) is 16.8 Å². The first kappa shape index (κ1) is 18.9. The zero-order valence-electron chi connectivity index (χ0n) is 14.9. The van der Waals surface area contributed by atoms with E-state index in [-0.39, 0.29) is 24.6 Å². The second kappa shape index (κ2) is 7.06. The predicted octanol–water partition coefficient (Wildman–Crippen LogP) is 4.31. The highest BCUT2D eigenvalue weighted by atomic mass is 19.4. The lowest BCUT2D eigenvalue weighted by Crippen LogP contribution is -2.30. The number of alkyl halides is 3. The first-order chi connectivity index (χ1) is 12.7. The van der Waals surface area contributed by atoms with Crippen molar-refractivity contribution in [2.45, 2.75) is 26.4 Å². The molecule has 142 valence electrons. The smallest absolute Gasteiger partial charge is 0.325 e. The van der Waals surface area contributed by atoms with Crippen molar-refractivity contribution in [1.82, 2.24) is 0 Å². The van der Waals surface area contributed by atoms with Gasteiger partial charge in [-0.3, -0.25) is 9.59 Å². The van der Waals surface area contributed by atoms with Gasteiger partial charge in [-0.15, -0.1) is 0 Å². The van der Waals surface area contributed by atoms with Gasteiger partial charge in [-0.2, -0.15) is 13.2 Å². The van der Waals surface area contributed by atoms with E-state index in [2.05, 4.69) is 5.32 Å². The van der Waals surface area contributed by atoms with Crippen LogP contribution in [-0.4, -0.2) is 18.4 Å². The van der Waals surface area contributed by atoms with E-state index in [0.717, 1.165) is 22.1 Å². The number of hydrogen-bond donors (Lipinski definition) is 1. The van der Waals surface area contributed by atoms with Gasteiger partial charge in [0.2, 0.25) is 11.8 Å². The number of halogens is 3. The van der Waals surface area contributed by atoms with Gasteiger partial charge in [0.05, 0.1) is 17.2 Å². The summed E-state index contributed by atoms with van der Waals surface area (Å²) in [7, 11) is 0. The fraction of sp³-hybridized carbons (Fsp3) is 0.300. The lowest BCUT2D eigenvalue weighted by Gasteiger charge is -2.21. The van der Waals surface area contributed by atoms with Crippen molar-refractivity contribution >= 4 is 23.2 Å². The van der Waals surface area contributed by atoms with E-state index in [1.165, 1.54) is 18.2 Å². The van der Waals surface area contributed by atoms with Crippen LogP contribution in [0.1, 0.15) is 23.1 Å². The maximum Gasteiger partial charge on any atom is 0.418 e. The molecule has 0 radical (unpaired) electrons.